The van der Waals surface area contributed by atoms with Crippen LogP contribution in [-0.4, -0.2) is 16.6 Å². The molecule has 2 atom stereocenters. The highest BCUT2D eigenvalue weighted by Crippen LogP contribution is 2.40. The predicted octanol–water partition coefficient (Wildman–Crippen LogP) is 3.46. The van der Waals surface area contributed by atoms with Gasteiger partial charge in [-0.2, -0.15) is 24.9 Å². The first-order chi connectivity index (χ1) is 8.91. The number of anilines is 1. The fourth-order valence-electron chi connectivity index (χ4n) is 2.36. The molecule has 0 saturated carbocycles. The smallest absolute Gasteiger partial charge is 0.398 e. The van der Waals surface area contributed by atoms with E-state index in [0.29, 0.717) is 0 Å². The van der Waals surface area contributed by atoms with Crippen LogP contribution in [0.1, 0.15) is 30.1 Å². The van der Waals surface area contributed by atoms with E-state index >= 15 is 0 Å². The number of para-hydroxylation sites is 1. The van der Waals surface area contributed by atoms with Crippen LogP contribution in [0.4, 0.5) is 18.9 Å². The second-order valence-corrected chi connectivity index (χ2v) is 5.88. The normalized spacial score (nSPS) is 22.2. The van der Waals surface area contributed by atoms with Gasteiger partial charge in [0.1, 0.15) is 0 Å². The molecule has 0 amide bonds. The number of nitrogen functional groups attached to an aromatic ring is 1. The van der Waals surface area contributed by atoms with Crippen LogP contribution in [-0.2, 0) is 6.18 Å². The number of aliphatic hydroxyl groups excluding tert-OH is 1. The Bertz CT molecular complexity index is 444. The molecule has 0 aromatic heterocycles. The summed E-state index contributed by atoms with van der Waals surface area (Å²) in [5.74, 6) is 1.78. The van der Waals surface area contributed by atoms with Crippen molar-refractivity contribution in [2.24, 2.45) is 5.92 Å². The summed E-state index contributed by atoms with van der Waals surface area (Å²) in [4.78, 5) is 0. The number of rotatable bonds is 2. The zero-order valence-electron chi connectivity index (χ0n) is 10.3. The summed E-state index contributed by atoms with van der Waals surface area (Å²) >= 11 is 1.72. The van der Waals surface area contributed by atoms with Gasteiger partial charge in [0.2, 0.25) is 0 Å². The van der Waals surface area contributed by atoms with E-state index in [1.165, 1.54) is 12.1 Å². The number of halogens is 3. The number of hydrogen-bond acceptors (Lipinski definition) is 3. The maximum absolute atomic E-state index is 12.8. The van der Waals surface area contributed by atoms with Gasteiger partial charge in [-0.05, 0) is 36.3 Å². The summed E-state index contributed by atoms with van der Waals surface area (Å²) in [5, 5.41) is 10.3. The third-order valence-electron chi connectivity index (χ3n) is 3.41. The van der Waals surface area contributed by atoms with Crippen LogP contribution >= 0.6 is 11.8 Å². The molecule has 19 heavy (non-hydrogen) atoms. The Morgan fingerprint density at radius 1 is 1.37 bits per heavy atom. The first-order valence-corrected chi connectivity index (χ1v) is 7.28. The lowest BCUT2D eigenvalue weighted by Gasteiger charge is -2.28. The number of benzene rings is 1. The van der Waals surface area contributed by atoms with Crippen molar-refractivity contribution >= 4 is 17.4 Å². The first kappa shape index (κ1) is 14.5. The van der Waals surface area contributed by atoms with Crippen molar-refractivity contribution in [3.05, 3.63) is 29.3 Å². The molecule has 2 rings (SSSR count). The fraction of sp³-hybridized carbons (Fsp3) is 0.538. The Morgan fingerprint density at radius 2 is 2.11 bits per heavy atom. The second kappa shape index (κ2) is 5.63. The summed E-state index contributed by atoms with van der Waals surface area (Å²) in [5.41, 5.74) is 4.57. The van der Waals surface area contributed by atoms with Crippen LogP contribution < -0.4 is 5.73 Å². The van der Waals surface area contributed by atoms with E-state index in [2.05, 4.69) is 0 Å². The molecular weight excluding hydrogens is 275 g/mol. The van der Waals surface area contributed by atoms with Crippen molar-refractivity contribution in [1.82, 2.24) is 0 Å². The first-order valence-electron chi connectivity index (χ1n) is 6.12. The van der Waals surface area contributed by atoms with E-state index in [-0.39, 0.29) is 17.2 Å². The summed E-state index contributed by atoms with van der Waals surface area (Å²) in [6, 6.07) is 3.73. The van der Waals surface area contributed by atoms with E-state index in [4.69, 9.17) is 5.73 Å². The number of nitrogens with two attached hydrogens (primary N) is 1. The highest BCUT2D eigenvalue weighted by atomic mass is 32.2. The average Bonchev–Trinajstić information content (AvgIpc) is 2.38. The number of thioether (sulfide) groups is 1. The minimum absolute atomic E-state index is 0.0236. The highest BCUT2D eigenvalue weighted by molar-refractivity contribution is 7.99. The van der Waals surface area contributed by atoms with Crippen molar-refractivity contribution in [3.63, 3.8) is 0 Å². The highest BCUT2D eigenvalue weighted by Gasteiger charge is 2.35. The van der Waals surface area contributed by atoms with Gasteiger partial charge in [-0.1, -0.05) is 12.1 Å². The lowest BCUT2D eigenvalue weighted by Crippen LogP contribution is -2.21. The van der Waals surface area contributed by atoms with Gasteiger partial charge in [-0.15, -0.1) is 0 Å². The van der Waals surface area contributed by atoms with Gasteiger partial charge >= 0.3 is 6.18 Å². The van der Waals surface area contributed by atoms with Gasteiger partial charge in [0.25, 0.3) is 0 Å². The Balaban J connectivity index is 2.29. The molecule has 0 radical (unpaired) electrons. The number of hydrogen-bond donors (Lipinski definition) is 2. The molecule has 6 heteroatoms. The zero-order chi connectivity index (χ0) is 14.0. The molecule has 1 aromatic rings. The van der Waals surface area contributed by atoms with Crippen LogP contribution in [0.2, 0.25) is 0 Å². The molecule has 3 N–H and O–H groups in total. The van der Waals surface area contributed by atoms with Gasteiger partial charge in [-0.25, -0.2) is 0 Å². The van der Waals surface area contributed by atoms with Crippen LogP contribution in [0.25, 0.3) is 0 Å². The Hall–Kier alpha value is -0.880. The molecule has 2 nitrogen and oxygen atoms in total. The van der Waals surface area contributed by atoms with E-state index in [1.54, 1.807) is 11.8 Å². The van der Waals surface area contributed by atoms with Crippen LogP contribution in [0.5, 0.6) is 0 Å². The third kappa shape index (κ3) is 3.17. The van der Waals surface area contributed by atoms with E-state index in [0.717, 1.165) is 30.4 Å². The van der Waals surface area contributed by atoms with Gasteiger partial charge < -0.3 is 10.8 Å². The summed E-state index contributed by atoms with van der Waals surface area (Å²) in [7, 11) is 0. The zero-order valence-corrected chi connectivity index (χ0v) is 11.1. The molecule has 1 saturated heterocycles. The van der Waals surface area contributed by atoms with Crippen LogP contribution in [0.15, 0.2) is 18.2 Å². The van der Waals surface area contributed by atoms with E-state index < -0.39 is 17.8 Å². The summed E-state index contributed by atoms with van der Waals surface area (Å²) in [6.45, 7) is 0. The van der Waals surface area contributed by atoms with Crippen molar-refractivity contribution in [3.8, 4) is 0 Å². The van der Waals surface area contributed by atoms with Crippen LogP contribution in [0.3, 0.4) is 0 Å². The minimum Gasteiger partial charge on any atom is -0.398 e. The quantitative estimate of drug-likeness (QED) is 0.820. The molecule has 0 aliphatic carbocycles. The molecule has 1 heterocycles. The van der Waals surface area contributed by atoms with Gasteiger partial charge in [-0.3, -0.25) is 0 Å². The maximum Gasteiger partial charge on any atom is 0.418 e. The molecule has 1 aliphatic heterocycles. The Kier molecular flexibility index (Phi) is 4.30. The number of alkyl halides is 3. The minimum atomic E-state index is -4.48. The average molecular weight is 291 g/mol. The van der Waals surface area contributed by atoms with Crippen molar-refractivity contribution in [2.45, 2.75) is 25.1 Å². The summed E-state index contributed by atoms with van der Waals surface area (Å²) < 4.78 is 38.3. The molecular formula is C13H16F3NOS. The second-order valence-electron chi connectivity index (χ2n) is 4.73. The molecule has 106 valence electrons. The number of aliphatic hydroxyl groups is 1. The Morgan fingerprint density at radius 3 is 2.68 bits per heavy atom. The topological polar surface area (TPSA) is 46.2 Å². The molecule has 0 spiro atoms. The predicted molar refractivity (Wildman–Crippen MR) is 70.9 cm³/mol. The van der Waals surface area contributed by atoms with E-state index in [9.17, 15) is 18.3 Å². The van der Waals surface area contributed by atoms with E-state index in [1.807, 2.05) is 0 Å². The van der Waals surface area contributed by atoms with Crippen molar-refractivity contribution in [2.75, 3.05) is 17.2 Å². The van der Waals surface area contributed by atoms with Gasteiger partial charge in [0, 0.05) is 11.3 Å². The largest absolute Gasteiger partial charge is 0.418 e. The lowest BCUT2D eigenvalue weighted by molar-refractivity contribution is -0.137. The summed E-state index contributed by atoms with van der Waals surface area (Å²) in [6.07, 6.45) is -3.61. The van der Waals surface area contributed by atoms with Gasteiger partial charge in [0.15, 0.2) is 0 Å². The monoisotopic (exact) mass is 291 g/mol. The molecule has 1 aromatic carbocycles. The van der Waals surface area contributed by atoms with Crippen LogP contribution in [0, 0.1) is 5.92 Å². The molecule has 1 fully saturated rings. The van der Waals surface area contributed by atoms with Gasteiger partial charge in [0.05, 0.1) is 11.7 Å². The molecule has 0 bridgehead atoms. The SMILES string of the molecule is Nc1c(C(O)C2CCCSC2)cccc1C(F)(F)F. The lowest BCUT2D eigenvalue weighted by atomic mass is 9.91. The van der Waals surface area contributed by atoms with Crippen molar-refractivity contribution in [1.29, 1.82) is 0 Å². The molecule has 1 aliphatic rings. The third-order valence-corrected chi connectivity index (χ3v) is 4.65. The Labute approximate surface area is 114 Å². The maximum atomic E-state index is 12.8. The fourth-order valence-corrected chi connectivity index (χ4v) is 3.55. The molecule has 2 unspecified atom stereocenters. The standard InChI is InChI=1S/C13H16F3NOS/c14-13(15,16)10-5-1-4-9(11(10)17)12(18)8-3-2-6-19-7-8/h1,4-5,8,12,18H,2-3,6-7,17H2. The van der Waals surface area contributed by atoms with Crippen molar-refractivity contribution < 1.29 is 18.3 Å².